The SMILES string of the molecule is Cc1cccc(CN(C)C(c2ccc(Br)s2)C(C)N)c1. The standard InChI is InChI=1S/C16H21BrN2S/c1-11-5-4-6-13(9-11)10-19(3)16(12(2)18)14-7-8-15(17)20-14/h4-9,12,16H,10,18H2,1-3H3. The average Bonchev–Trinajstić information content (AvgIpc) is 2.75. The first kappa shape index (κ1) is 15.7. The number of hydrogen-bond acceptors (Lipinski definition) is 3. The summed E-state index contributed by atoms with van der Waals surface area (Å²) < 4.78 is 1.15. The van der Waals surface area contributed by atoms with Gasteiger partial charge in [-0.3, -0.25) is 4.90 Å². The fraction of sp³-hybridized carbons (Fsp3) is 0.375. The van der Waals surface area contributed by atoms with Crippen molar-refractivity contribution in [1.82, 2.24) is 4.90 Å². The van der Waals surface area contributed by atoms with E-state index in [0.29, 0.717) is 0 Å². The third-order valence-electron chi connectivity index (χ3n) is 3.37. The van der Waals surface area contributed by atoms with Gasteiger partial charge in [-0.1, -0.05) is 29.8 Å². The number of aryl methyl sites for hydroxylation is 1. The number of benzene rings is 1. The molecular formula is C16H21BrN2S. The van der Waals surface area contributed by atoms with Gasteiger partial charge in [0.1, 0.15) is 0 Å². The van der Waals surface area contributed by atoms with Crippen LogP contribution in [0.4, 0.5) is 0 Å². The highest BCUT2D eigenvalue weighted by Crippen LogP contribution is 2.32. The zero-order valence-electron chi connectivity index (χ0n) is 12.1. The summed E-state index contributed by atoms with van der Waals surface area (Å²) in [4.78, 5) is 3.64. The molecule has 4 heteroatoms. The van der Waals surface area contributed by atoms with E-state index in [2.05, 4.69) is 78.1 Å². The zero-order chi connectivity index (χ0) is 14.7. The molecular weight excluding hydrogens is 332 g/mol. The Bertz CT molecular complexity index is 565. The fourth-order valence-corrected chi connectivity index (χ4v) is 4.27. The Morgan fingerprint density at radius 1 is 1.30 bits per heavy atom. The molecule has 2 nitrogen and oxygen atoms in total. The van der Waals surface area contributed by atoms with Crippen molar-refractivity contribution in [3.63, 3.8) is 0 Å². The van der Waals surface area contributed by atoms with Crippen molar-refractivity contribution in [2.75, 3.05) is 7.05 Å². The van der Waals surface area contributed by atoms with E-state index in [1.165, 1.54) is 16.0 Å². The van der Waals surface area contributed by atoms with Gasteiger partial charge in [0.15, 0.2) is 0 Å². The second-order valence-electron chi connectivity index (χ2n) is 5.35. The summed E-state index contributed by atoms with van der Waals surface area (Å²) in [6, 6.07) is 13.2. The predicted molar refractivity (Wildman–Crippen MR) is 91.1 cm³/mol. The Morgan fingerprint density at radius 2 is 2.05 bits per heavy atom. The molecule has 2 N–H and O–H groups in total. The van der Waals surface area contributed by atoms with Crippen LogP contribution in [0.25, 0.3) is 0 Å². The lowest BCUT2D eigenvalue weighted by atomic mass is 10.1. The quantitative estimate of drug-likeness (QED) is 0.866. The zero-order valence-corrected chi connectivity index (χ0v) is 14.5. The third-order valence-corrected chi connectivity index (χ3v) is 5.07. The van der Waals surface area contributed by atoms with Crippen LogP contribution in [-0.2, 0) is 6.54 Å². The number of halogens is 1. The van der Waals surface area contributed by atoms with E-state index in [1.54, 1.807) is 11.3 Å². The summed E-state index contributed by atoms with van der Waals surface area (Å²) in [5.74, 6) is 0. The van der Waals surface area contributed by atoms with Gasteiger partial charge in [0.2, 0.25) is 0 Å². The molecule has 1 aromatic carbocycles. The molecule has 0 aliphatic heterocycles. The normalized spacial score (nSPS) is 14.5. The maximum absolute atomic E-state index is 6.21. The Hall–Kier alpha value is -0.680. The molecule has 0 spiro atoms. The maximum Gasteiger partial charge on any atom is 0.0702 e. The van der Waals surface area contributed by atoms with Gasteiger partial charge in [0.05, 0.1) is 9.83 Å². The van der Waals surface area contributed by atoms with E-state index in [0.717, 1.165) is 10.3 Å². The third kappa shape index (κ3) is 3.92. The van der Waals surface area contributed by atoms with Gasteiger partial charge < -0.3 is 5.73 Å². The van der Waals surface area contributed by atoms with Gasteiger partial charge in [-0.05, 0) is 54.5 Å². The number of likely N-dealkylation sites (N-methyl/N-ethyl adjacent to an activating group) is 1. The second-order valence-corrected chi connectivity index (χ2v) is 7.84. The van der Waals surface area contributed by atoms with E-state index in [1.807, 2.05) is 0 Å². The minimum absolute atomic E-state index is 0.0929. The minimum atomic E-state index is 0.0929. The summed E-state index contributed by atoms with van der Waals surface area (Å²) in [5.41, 5.74) is 8.84. The van der Waals surface area contributed by atoms with Crippen molar-refractivity contribution in [3.8, 4) is 0 Å². The molecule has 2 aromatic rings. The number of hydrogen-bond donors (Lipinski definition) is 1. The van der Waals surface area contributed by atoms with Gasteiger partial charge in [0.25, 0.3) is 0 Å². The first-order valence-electron chi connectivity index (χ1n) is 6.74. The van der Waals surface area contributed by atoms with Gasteiger partial charge >= 0.3 is 0 Å². The Morgan fingerprint density at radius 3 is 2.60 bits per heavy atom. The van der Waals surface area contributed by atoms with Crippen LogP contribution in [0.1, 0.15) is 29.0 Å². The summed E-state index contributed by atoms with van der Waals surface area (Å²) >= 11 is 5.30. The Kier molecular flexibility index (Phi) is 5.38. The van der Waals surface area contributed by atoms with Gasteiger partial charge in [0, 0.05) is 17.5 Å². The predicted octanol–water partition coefficient (Wildman–Crippen LogP) is 4.34. The molecule has 1 heterocycles. The van der Waals surface area contributed by atoms with Crippen LogP contribution in [0, 0.1) is 6.92 Å². The molecule has 0 saturated carbocycles. The first-order chi connectivity index (χ1) is 9.47. The average molecular weight is 353 g/mol. The molecule has 2 atom stereocenters. The smallest absolute Gasteiger partial charge is 0.0702 e. The molecule has 0 aliphatic rings. The lowest BCUT2D eigenvalue weighted by Gasteiger charge is -2.30. The number of nitrogens with two attached hydrogens (primary N) is 1. The van der Waals surface area contributed by atoms with Crippen molar-refractivity contribution >= 4 is 27.3 Å². The molecule has 0 fully saturated rings. The second kappa shape index (κ2) is 6.85. The number of rotatable bonds is 5. The molecule has 0 saturated heterocycles. The number of thiophene rings is 1. The molecule has 2 unspecified atom stereocenters. The van der Waals surface area contributed by atoms with E-state index in [9.17, 15) is 0 Å². The van der Waals surface area contributed by atoms with Crippen molar-refractivity contribution in [1.29, 1.82) is 0 Å². The highest BCUT2D eigenvalue weighted by molar-refractivity contribution is 9.11. The molecule has 1 aromatic heterocycles. The lowest BCUT2D eigenvalue weighted by Crippen LogP contribution is -2.36. The lowest BCUT2D eigenvalue weighted by molar-refractivity contribution is 0.214. The van der Waals surface area contributed by atoms with Crippen molar-refractivity contribution in [2.45, 2.75) is 32.5 Å². The molecule has 0 amide bonds. The van der Waals surface area contributed by atoms with E-state index in [-0.39, 0.29) is 12.1 Å². The van der Waals surface area contributed by atoms with Gasteiger partial charge in [-0.15, -0.1) is 11.3 Å². The summed E-state index contributed by atoms with van der Waals surface area (Å²) in [5, 5.41) is 0. The van der Waals surface area contributed by atoms with Crippen molar-refractivity contribution in [2.24, 2.45) is 5.73 Å². The van der Waals surface area contributed by atoms with Crippen molar-refractivity contribution in [3.05, 3.63) is 56.2 Å². The van der Waals surface area contributed by atoms with Gasteiger partial charge in [-0.25, -0.2) is 0 Å². The minimum Gasteiger partial charge on any atom is -0.326 e. The monoisotopic (exact) mass is 352 g/mol. The van der Waals surface area contributed by atoms with E-state index < -0.39 is 0 Å². The summed E-state index contributed by atoms with van der Waals surface area (Å²) in [6.07, 6.45) is 0. The number of nitrogens with zero attached hydrogens (tertiary/aromatic N) is 1. The fourth-order valence-electron chi connectivity index (χ4n) is 2.56. The topological polar surface area (TPSA) is 29.3 Å². The van der Waals surface area contributed by atoms with Crippen LogP contribution >= 0.6 is 27.3 Å². The van der Waals surface area contributed by atoms with Crippen LogP contribution < -0.4 is 5.73 Å². The van der Waals surface area contributed by atoms with Crippen LogP contribution in [-0.4, -0.2) is 18.0 Å². The van der Waals surface area contributed by atoms with E-state index >= 15 is 0 Å². The van der Waals surface area contributed by atoms with Crippen LogP contribution in [0.3, 0.4) is 0 Å². The molecule has 0 radical (unpaired) electrons. The van der Waals surface area contributed by atoms with E-state index in [4.69, 9.17) is 5.73 Å². The highest BCUT2D eigenvalue weighted by Gasteiger charge is 2.22. The molecule has 0 aliphatic carbocycles. The Labute approximate surface area is 133 Å². The first-order valence-corrected chi connectivity index (χ1v) is 8.35. The molecule has 20 heavy (non-hydrogen) atoms. The highest BCUT2D eigenvalue weighted by atomic mass is 79.9. The molecule has 108 valence electrons. The van der Waals surface area contributed by atoms with Crippen LogP contribution in [0.2, 0.25) is 0 Å². The van der Waals surface area contributed by atoms with Crippen LogP contribution in [0.5, 0.6) is 0 Å². The van der Waals surface area contributed by atoms with Gasteiger partial charge in [-0.2, -0.15) is 0 Å². The van der Waals surface area contributed by atoms with Crippen molar-refractivity contribution < 1.29 is 0 Å². The molecule has 0 bridgehead atoms. The largest absolute Gasteiger partial charge is 0.326 e. The Balaban J connectivity index is 2.17. The van der Waals surface area contributed by atoms with Crippen LogP contribution in [0.15, 0.2) is 40.2 Å². The summed E-state index contributed by atoms with van der Waals surface area (Å²) in [7, 11) is 2.14. The summed E-state index contributed by atoms with van der Waals surface area (Å²) in [6.45, 7) is 5.11. The molecule has 2 rings (SSSR count). The maximum atomic E-state index is 6.21.